The summed E-state index contributed by atoms with van der Waals surface area (Å²) in [4.78, 5) is 0. The first-order chi connectivity index (χ1) is 9.29. The van der Waals surface area contributed by atoms with Crippen LogP contribution in [-0.2, 0) is 6.42 Å². The van der Waals surface area contributed by atoms with Crippen molar-refractivity contribution in [3.05, 3.63) is 71.5 Å². The minimum absolute atomic E-state index is 0.166. The van der Waals surface area contributed by atoms with E-state index >= 15 is 0 Å². The van der Waals surface area contributed by atoms with E-state index in [2.05, 4.69) is 36.5 Å². The van der Waals surface area contributed by atoms with E-state index in [9.17, 15) is 4.39 Å². The predicted octanol–water partition coefficient (Wildman–Crippen LogP) is 4.11. The van der Waals surface area contributed by atoms with Gasteiger partial charge in [0, 0.05) is 6.04 Å². The summed E-state index contributed by atoms with van der Waals surface area (Å²) in [6.45, 7) is 3.02. The molecule has 2 rings (SSSR count). The zero-order chi connectivity index (χ0) is 13.5. The molecule has 2 heteroatoms. The highest BCUT2D eigenvalue weighted by Gasteiger charge is 2.08. The van der Waals surface area contributed by atoms with E-state index in [1.165, 1.54) is 11.6 Å². The summed E-state index contributed by atoms with van der Waals surface area (Å²) in [5.74, 6) is -0.166. The van der Waals surface area contributed by atoms with Gasteiger partial charge in [-0.3, -0.25) is 0 Å². The fraction of sp³-hybridized carbons (Fsp3) is 0.294. The molecule has 0 aliphatic rings. The van der Waals surface area contributed by atoms with E-state index in [1.807, 2.05) is 12.1 Å². The maximum atomic E-state index is 13.2. The highest BCUT2D eigenvalue weighted by Crippen LogP contribution is 2.17. The molecule has 0 heterocycles. The number of benzene rings is 2. The molecule has 2 aromatic carbocycles. The molecule has 0 radical (unpaired) electrons. The number of nitrogens with one attached hydrogen (secondary N) is 1. The summed E-state index contributed by atoms with van der Waals surface area (Å²) in [6.07, 6.45) is 1.95. The lowest BCUT2D eigenvalue weighted by Gasteiger charge is -2.17. The minimum atomic E-state index is -0.166. The summed E-state index contributed by atoms with van der Waals surface area (Å²) in [5.41, 5.74) is 2.35. The van der Waals surface area contributed by atoms with Gasteiger partial charge < -0.3 is 5.32 Å². The number of hydrogen-bond donors (Lipinski definition) is 1. The molecule has 0 aliphatic heterocycles. The zero-order valence-corrected chi connectivity index (χ0v) is 11.3. The molecule has 1 N–H and O–H groups in total. The molecular weight excluding hydrogens is 237 g/mol. The average molecular weight is 257 g/mol. The van der Waals surface area contributed by atoms with E-state index in [4.69, 9.17) is 0 Å². The Kier molecular flexibility index (Phi) is 5.10. The normalized spacial score (nSPS) is 12.3. The lowest BCUT2D eigenvalue weighted by Crippen LogP contribution is -2.23. The van der Waals surface area contributed by atoms with Crippen LogP contribution in [0, 0.1) is 5.82 Å². The van der Waals surface area contributed by atoms with Crippen molar-refractivity contribution < 1.29 is 4.39 Å². The number of hydrogen-bond acceptors (Lipinski definition) is 1. The van der Waals surface area contributed by atoms with Crippen molar-refractivity contribution in [3.8, 4) is 0 Å². The van der Waals surface area contributed by atoms with Gasteiger partial charge in [0.2, 0.25) is 0 Å². The molecule has 0 saturated carbocycles. The van der Waals surface area contributed by atoms with Crippen molar-refractivity contribution >= 4 is 0 Å². The highest BCUT2D eigenvalue weighted by atomic mass is 19.1. The third kappa shape index (κ3) is 4.18. The second-order valence-electron chi connectivity index (χ2n) is 4.71. The van der Waals surface area contributed by atoms with Crippen LogP contribution in [0.1, 0.15) is 30.5 Å². The number of halogens is 1. The van der Waals surface area contributed by atoms with Gasteiger partial charge in [-0.15, -0.1) is 0 Å². The first-order valence-corrected chi connectivity index (χ1v) is 6.82. The Morgan fingerprint density at radius 2 is 1.84 bits per heavy atom. The van der Waals surface area contributed by atoms with Crippen molar-refractivity contribution in [2.45, 2.75) is 25.8 Å². The molecule has 0 spiro atoms. The monoisotopic (exact) mass is 257 g/mol. The van der Waals surface area contributed by atoms with Gasteiger partial charge in [-0.2, -0.15) is 0 Å². The fourth-order valence-electron chi connectivity index (χ4n) is 2.26. The second kappa shape index (κ2) is 7.05. The lowest BCUT2D eigenvalue weighted by atomic mass is 10.0. The lowest BCUT2D eigenvalue weighted by molar-refractivity contribution is 0.518. The van der Waals surface area contributed by atoms with Crippen molar-refractivity contribution in [3.63, 3.8) is 0 Å². The van der Waals surface area contributed by atoms with Crippen LogP contribution in [0.3, 0.4) is 0 Å². The van der Waals surface area contributed by atoms with Crippen molar-refractivity contribution in [1.82, 2.24) is 5.32 Å². The largest absolute Gasteiger partial charge is 0.310 e. The number of rotatable bonds is 6. The van der Waals surface area contributed by atoms with Crippen LogP contribution < -0.4 is 5.32 Å². The smallest absolute Gasteiger partial charge is 0.123 e. The van der Waals surface area contributed by atoms with Crippen molar-refractivity contribution in [2.75, 3.05) is 6.54 Å². The van der Waals surface area contributed by atoms with E-state index in [0.717, 1.165) is 24.9 Å². The van der Waals surface area contributed by atoms with Crippen LogP contribution in [0.15, 0.2) is 54.6 Å². The Bertz CT molecular complexity index is 496. The van der Waals surface area contributed by atoms with Gasteiger partial charge in [0.15, 0.2) is 0 Å². The molecule has 0 aliphatic carbocycles. The third-order valence-electron chi connectivity index (χ3n) is 3.31. The van der Waals surface area contributed by atoms with Gasteiger partial charge in [-0.1, -0.05) is 49.4 Å². The molecule has 100 valence electrons. The first-order valence-electron chi connectivity index (χ1n) is 6.82. The molecule has 1 unspecified atom stereocenters. The molecule has 0 bridgehead atoms. The maximum Gasteiger partial charge on any atom is 0.123 e. The van der Waals surface area contributed by atoms with Gasteiger partial charge in [-0.25, -0.2) is 4.39 Å². The Morgan fingerprint density at radius 1 is 1.05 bits per heavy atom. The van der Waals surface area contributed by atoms with Crippen LogP contribution in [0.4, 0.5) is 4.39 Å². The van der Waals surface area contributed by atoms with Crippen LogP contribution in [-0.4, -0.2) is 6.54 Å². The van der Waals surface area contributed by atoms with Crippen LogP contribution >= 0.6 is 0 Å². The first kappa shape index (κ1) is 13.8. The average Bonchev–Trinajstić information content (AvgIpc) is 2.45. The Labute approximate surface area is 114 Å². The van der Waals surface area contributed by atoms with Crippen molar-refractivity contribution in [2.24, 2.45) is 0 Å². The molecule has 0 amide bonds. The summed E-state index contributed by atoms with van der Waals surface area (Å²) in [7, 11) is 0. The van der Waals surface area contributed by atoms with Gasteiger partial charge in [0.1, 0.15) is 5.82 Å². The van der Waals surface area contributed by atoms with Gasteiger partial charge in [-0.05, 0) is 42.6 Å². The van der Waals surface area contributed by atoms with E-state index in [-0.39, 0.29) is 11.9 Å². The van der Waals surface area contributed by atoms with Crippen LogP contribution in [0.5, 0.6) is 0 Å². The molecule has 0 fully saturated rings. The molecule has 19 heavy (non-hydrogen) atoms. The molecule has 1 atom stereocenters. The van der Waals surface area contributed by atoms with Crippen LogP contribution in [0.25, 0.3) is 0 Å². The summed E-state index contributed by atoms with van der Waals surface area (Å²) < 4.78 is 13.2. The van der Waals surface area contributed by atoms with Gasteiger partial charge >= 0.3 is 0 Å². The van der Waals surface area contributed by atoms with E-state index in [0.29, 0.717) is 0 Å². The standard InChI is InChI=1S/C17H20FN/c1-2-17(15-9-6-10-16(18)13-15)19-12-11-14-7-4-3-5-8-14/h3-10,13,17,19H,2,11-12H2,1H3. The van der Waals surface area contributed by atoms with E-state index in [1.54, 1.807) is 12.1 Å². The zero-order valence-electron chi connectivity index (χ0n) is 11.3. The van der Waals surface area contributed by atoms with Gasteiger partial charge in [0.25, 0.3) is 0 Å². The topological polar surface area (TPSA) is 12.0 Å². The summed E-state index contributed by atoms with van der Waals surface area (Å²) in [6, 6.07) is 17.5. The Balaban J connectivity index is 1.89. The Morgan fingerprint density at radius 3 is 2.53 bits per heavy atom. The molecule has 0 aromatic heterocycles. The highest BCUT2D eigenvalue weighted by molar-refractivity contribution is 5.20. The molecule has 1 nitrogen and oxygen atoms in total. The molecular formula is C17H20FN. The SMILES string of the molecule is CCC(NCCc1ccccc1)c1cccc(F)c1. The van der Waals surface area contributed by atoms with Crippen LogP contribution in [0.2, 0.25) is 0 Å². The van der Waals surface area contributed by atoms with E-state index < -0.39 is 0 Å². The fourth-order valence-corrected chi connectivity index (χ4v) is 2.26. The summed E-state index contributed by atoms with van der Waals surface area (Å²) in [5, 5.41) is 3.49. The summed E-state index contributed by atoms with van der Waals surface area (Å²) >= 11 is 0. The third-order valence-corrected chi connectivity index (χ3v) is 3.31. The van der Waals surface area contributed by atoms with Crippen molar-refractivity contribution in [1.29, 1.82) is 0 Å². The maximum absolute atomic E-state index is 13.2. The quantitative estimate of drug-likeness (QED) is 0.821. The predicted molar refractivity (Wildman–Crippen MR) is 77.6 cm³/mol. The second-order valence-corrected chi connectivity index (χ2v) is 4.71. The molecule has 2 aromatic rings. The Hall–Kier alpha value is -1.67. The van der Waals surface area contributed by atoms with Gasteiger partial charge in [0.05, 0.1) is 0 Å². The minimum Gasteiger partial charge on any atom is -0.310 e. The molecule has 0 saturated heterocycles.